The van der Waals surface area contributed by atoms with Crippen LogP contribution in [0.5, 0.6) is 0 Å². The molecule has 98 valence electrons. The van der Waals surface area contributed by atoms with Crippen molar-refractivity contribution in [1.29, 1.82) is 5.26 Å². The van der Waals surface area contributed by atoms with Crippen molar-refractivity contribution in [3.05, 3.63) is 17.8 Å². The standard InChI is InChI=1S/C13H21N5/c1-4-18(5-2)9-10(3)17-13-11(7-14)6-12(15)8-16-13/h6,8,10H,4-5,9,15H2,1-3H3,(H,16,17). The van der Waals surface area contributed by atoms with Gasteiger partial charge in [-0.25, -0.2) is 4.98 Å². The van der Waals surface area contributed by atoms with Gasteiger partial charge in [-0.1, -0.05) is 13.8 Å². The van der Waals surface area contributed by atoms with Crippen LogP contribution in [0.15, 0.2) is 12.3 Å². The lowest BCUT2D eigenvalue weighted by Crippen LogP contribution is -2.35. The highest BCUT2D eigenvalue weighted by molar-refractivity contribution is 5.57. The van der Waals surface area contributed by atoms with Crippen LogP contribution in [0, 0.1) is 11.3 Å². The van der Waals surface area contributed by atoms with E-state index in [1.165, 1.54) is 0 Å². The lowest BCUT2D eigenvalue weighted by atomic mass is 10.2. The lowest BCUT2D eigenvalue weighted by molar-refractivity contribution is 0.294. The number of nitrogens with two attached hydrogens (primary N) is 1. The molecule has 1 rings (SSSR count). The van der Waals surface area contributed by atoms with Crippen LogP contribution in [0.25, 0.3) is 0 Å². The fourth-order valence-electron chi connectivity index (χ4n) is 1.83. The summed E-state index contributed by atoms with van der Waals surface area (Å²) < 4.78 is 0. The Morgan fingerprint density at radius 3 is 2.72 bits per heavy atom. The van der Waals surface area contributed by atoms with E-state index in [-0.39, 0.29) is 6.04 Å². The molecule has 1 aromatic rings. The smallest absolute Gasteiger partial charge is 0.144 e. The molecule has 1 unspecified atom stereocenters. The molecule has 0 aliphatic heterocycles. The van der Waals surface area contributed by atoms with Gasteiger partial charge in [-0.2, -0.15) is 5.26 Å². The number of nitrogens with zero attached hydrogens (tertiary/aromatic N) is 3. The first-order valence-electron chi connectivity index (χ1n) is 6.25. The van der Waals surface area contributed by atoms with Gasteiger partial charge in [0.1, 0.15) is 11.9 Å². The average molecular weight is 247 g/mol. The van der Waals surface area contributed by atoms with E-state index < -0.39 is 0 Å². The Bertz CT molecular complexity index is 420. The Labute approximate surface area is 109 Å². The number of rotatable bonds is 6. The van der Waals surface area contributed by atoms with Crippen molar-refractivity contribution in [1.82, 2.24) is 9.88 Å². The van der Waals surface area contributed by atoms with Crippen LogP contribution in [-0.4, -0.2) is 35.6 Å². The van der Waals surface area contributed by atoms with Crippen LogP contribution in [0.1, 0.15) is 26.3 Å². The van der Waals surface area contributed by atoms with E-state index in [0.717, 1.165) is 19.6 Å². The van der Waals surface area contributed by atoms with E-state index in [4.69, 9.17) is 11.0 Å². The van der Waals surface area contributed by atoms with Gasteiger partial charge < -0.3 is 16.0 Å². The van der Waals surface area contributed by atoms with Gasteiger partial charge in [0.25, 0.3) is 0 Å². The fraction of sp³-hybridized carbons (Fsp3) is 0.538. The first kappa shape index (κ1) is 14.3. The molecule has 1 aromatic heterocycles. The summed E-state index contributed by atoms with van der Waals surface area (Å²) in [5, 5.41) is 12.3. The molecule has 0 aliphatic carbocycles. The monoisotopic (exact) mass is 247 g/mol. The quantitative estimate of drug-likeness (QED) is 0.799. The Hall–Kier alpha value is -1.80. The number of likely N-dealkylation sites (N-methyl/N-ethyl adjacent to an activating group) is 1. The van der Waals surface area contributed by atoms with E-state index in [0.29, 0.717) is 17.1 Å². The van der Waals surface area contributed by atoms with Crippen molar-refractivity contribution in [3.63, 3.8) is 0 Å². The molecule has 18 heavy (non-hydrogen) atoms. The Balaban J connectivity index is 2.70. The third-order valence-corrected chi connectivity index (χ3v) is 2.84. The molecule has 1 heterocycles. The molecule has 0 saturated carbocycles. The molecule has 0 spiro atoms. The fourth-order valence-corrected chi connectivity index (χ4v) is 1.83. The van der Waals surface area contributed by atoms with Crippen molar-refractivity contribution < 1.29 is 0 Å². The predicted molar refractivity (Wildman–Crippen MR) is 74.2 cm³/mol. The molecule has 1 atom stereocenters. The molecule has 5 nitrogen and oxygen atoms in total. The molecule has 0 saturated heterocycles. The Morgan fingerprint density at radius 2 is 2.17 bits per heavy atom. The van der Waals surface area contributed by atoms with Gasteiger partial charge in [0, 0.05) is 12.6 Å². The lowest BCUT2D eigenvalue weighted by Gasteiger charge is -2.24. The van der Waals surface area contributed by atoms with Gasteiger partial charge in [0.15, 0.2) is 0 Å². The second-order valence-corrected chi connectivity index (χ2v) is 4.31. The van der Waals surface area contributed by atoms with Crippen LogP contribution in [0.2, 0.25) is 0 Å². The first-order valence-corrected chi connectivity index (χ1v) is 6.25. The van der Waals surface area contributed by atoms with E-state index in [9.17, 15) is 0 Å². The normalized spacial score (nSPS) is 12.2. The Morgan fingerprint density at radius 1 is 1.50 bits per heavy atom. The van der Waals surface area contributed by atoms with E-state index in [1.807, 2.05) is 0 Å². The maximum atomic E-state index is 9.03. The number of pyridine rings is 1. The highest BCUT2D eigenvalue weighted by atomic mass is 15.1. The molecule has 3 N–H and O–H groups in total. The predicted octanol–water partition coefficient (Wildman–Crippen LogP) is 1.68. The van der Waals surface area contributed by atoms with Crippen LogP contribution < -0.4 is 11.1 Å². The summed E-state index contributed by atoms with van der Waals surface area (Å²) in [5.74, 6) is 0.603. The second kappa shape index (κ2) is 6.82. The molecule has 0 bridgehead atoms. The van der Waals surface area contributed by atoms with Crippen molar-refractivity contribution in [2.45, 2.75) is 26.8 Å². The highest BCUT2D eigenvalue weighted by Gasteiger charge is 2.10. The molecule has 0 aromatic carbocycles. The van der Waals surface area contributed by atoms with Gasteiger partial charge in [-0.3, -0.25) is 0 Å². The third-order valence-electron chi connectivity index (χ3n) is 2.84. The van der Waals surface area contributed by atoms with Gasteiger partial charge >= 0.3 is 0 Å². The summed E-state index contributed by atoms with van der Waals surface area (Å²) >= 11 is 0. The topological polar surface area (TPSA) is 78.0 Å². The summed E-state index contributed by atoms with van der Waals surface area (Å²) in [4.78, 5) is 6.49. The van der Waals surface area contributed by atoms with E-state index in [1.54, 1.807) is 12.3 Å². The largest absolute Gasteiger partial charge is 0.397 e. The number of hydrogen-bond donors (Lipinski definition) is 2. The zero-order chi connectivity index (χ0) is 13.5. The van der Waals surface area contributed by atoms with Crippen LogP contribution in [-0.2, 0) is 0 Å². The van der Waals surface area contributed by atoms with Gasteiger partial charge in [0.05, 0.1) is 17.4 Å². The minimum atomic E-state index is 0.230. The van der Waals surface area contributed by atoms with Crippen LogP contribution in [0.3, 0.4) is 0 Å². The minimum Gasteiger partial charge on any atom is -0.397 e. The van der Waals surface area contributed by atoms with Crippen molar-refractivity contribution in [3.8, 4) is 6.07 Å². The first-order chi connectivity index (χ1) is 8.60. The molecule has 5 heteroatoms. The number of nitrogens with one attached hydrogen (secondary N) is 1. The summed E-state index contributed by atoms with van der Waals surface area (Å²) in [6.45, 7) is 9.31. The zero-order valence-corrected chi connectivity index (χ0v) is 11.3. The van der Waals surface area contributed by atoms with Crippen molar-refractivity contribution in [2.75, 3.05) is 30.7 Å². The molecular weight excluding hydrogens is 226 g/mol. The average Bonchev–Trinajstić information content (AvgIpc) is 2.38. The molecular formula is C13H21N5. The van der Waals surface area contributed by atoms with Crippen LogP contribution in [0.4, 0.5) is 11.5 Å². The summed E-state index contributed by atoms with van der Waals surface area (Å²) in [6.07, 6.45) is 1.56. The van der Waals surface area contributed by atoms with E-state index >= 15 is 0 Å². The van der Waals surface area contributed by atoms with E-state index in [2.05, 4.69) is 42.0 Å². The van der Waals surface area contributed by atoms with Gasteiger partial charge in [-0.15, -0.1) is 0 Å². The number of aromatic nitrogens is 1. The minimum absolute atomic E-state index is 0.230. The SMILES string of the molecule is CCN(CC)CC(C)Nc1ncc(N)cc1C#N. The maximum Gasteiger partial charge on any atom is 0.144 e. The second-order valence-electron chi connectivity index (χ2n) is 4.31. The number of nitriles is 1. The number of anilines is 2. The summed E-state index contributed by atoms with van der Waals surface area (Å²) in [5.41, 5.74) is 6.60. The zero-order valence-electron chi connectivity index (χ0n) is 11.3. The molecule has 0 aliphatic rings. The highest BCUT2D eigenvalue weighted by Crippen LogP contribution is 2.15. The number of nitrogen functional groups attached to an aromatic ring is 1. The summed E-state index contributed by atoms with van der Waals surface area (Å²) in [7, 11) is 0. The van der Waals surface area contributed by atoms with Crippen molar-refractivity contribution >= 4 is 11.5 Å². The van der Waals surface area contributed by atoms with Gasteiger partial charge in [-0.05, 0) is 26.1 Å². The maximum absolute atomic E-state index is 9.03. The number of hydrogen-bond acceptors (Lipinski definition) is 5. The molecule has 0 radical (unpaired) electrons. The third kappa shape index (κ3) is 3.90. The van der Waals surface area contributed by atoms with Gasteiger partial charge in [0.2, 0.25) is 0 Å². The summed E-state index contributed by atoms with van der Waals surface area (Å²) in [6, 6.07) is 3.97. The van der Waals surface area contributed by atoms with Crippen LogP contribution >= 0.6 is 0 Å². The van der Waals surface area contributed by atoms with Crippen molar-refractivity contribution in [2.24, 2.45) is 0 Å². The molecule has 0 fully saturated rings. The Kier molecular flexibility index (Phi) is 5.40. The molecule has 0 amide bonds.